The number of aliphatic hydroxyl groups is 1. The van der Waals surface area contributed by atoms with Crippen LogP contribution in [-0.2, 0) is 33.6 Å². The number of primary amides is 1. The summed E-state index contributed by atoms with van der Waals surface area (Å²) in [6.45, 7) is 15.4. The second-order valence-electron chi connectivity index (χ2n) is 12.0. The van der Waals surface area contributed by atoms with E-state index in [9.17, 15) is 38.7 Å². The summed E-state index contributed by atoms with van der Waals surface area (Å²) in [6, 6.07) is -6.54. The van der Waals surface area contributed by atoms with Gasteiger partial charge in [-0.25, -0.2) is 0 Å². The third-order valence-electron chi connectivity index (χ3n) is 6.64. The summed E-state index contributed by atoms with van der Waals surface area (Å²) < 4.78 is 0. The predicted molar refractivity (Wildman–Crippen MR) is 159 cm³/mol. The Morgan fingerprint density at radius 3 is 1.14 bits per heavy atom. The van der Waals surface area contributed by atoms with Gasteiger partial charge in [-0.2, -0.15) is 0 Å². The van der Waals surface area contributed by atoms with Gasteiger partial charge in [-0.1, -0.05) is 55.4 Å². The highest BCUT2D eigenvalue weighted by Crippen LogP contribution is 2.10. The Bertz CT molecular complexity index is 1020. The molecule has 0 aromatic heterocycles. The van der Waals surface area contributed by atoms with Crippen LogP contribution in [0.15, 0.2) is 0 Å². The maximum Gasteiger partial charge on any atom is 0.245 e. The molecule has 0 unspecified atom stereocenters. The third kappa shape index (κ3) is 13.0. The average molecular weight is 614 g/mol. The lowest BCUT2D eigenvalue weighted by atomic mass is 9.97. The lowest BCUT2D eigenvalue weighted by Gasteiger charge is -2.30. The van der Waals surface area contributed by atoms with Crippen LogP contribution in [0.25, 0.3) is 0 Å². The van der Waals surface area contributed by atoms with Gasteiger partial charge in [-0.05, 0) is 30.6 Å². The van der Waals surface area contributed by atoms with Crippen molar-refractivity contribution >= 4 is 41.4 Å². The van der Waals surface area contributed by atoms with Crippen molar-refractivity contribution in [1.82, 2.24) is 31.9 Å². The van der Waals surface area contributed by atoms with Crippen LogP contribution in [0.1, 0.15) is 69.2 Å². The van der Waals surface area contributed by atoms with Gasteiger partial charge in [0.25, 0.3) is 0 Å². The second kappa shape index (κ2) is 18.0. The Morgan fingerprint density at radius 2 is 0.837 bits per heavy atom. The topological polar surface area (TPSA) is 238 Å². The first-order chi connectivity index (χ1) is 19.7. The molecule has 0 bridgehead atoms. The molecule has 0 aromatic rings. The summed E-state index contributed by atoms with van der Waals surface area (Å²) in [5.74, 6) is -6.20. The van der Waals surface area contributed by atoms with E-state index in [0.29, 0.717) is 0 Å². The molecule has 6 atom stereocenters. The monoisotopic (exact) mass is 613 g/mol. The molecule has 43 heavy (non-hydrogen) atoms. The van der Waals surface area contributed by atoms with E-state index in [0.717, 1.165) is 0 Å². The van der Waals surface area contributed by atoms with E-state index in [4.69, 9.17) is 5.73 Å². The van der Waals surface area contributed by atoms with E-state index in [1.807, 2.05) is 0 Å². The van der Waals surface area contributed by atoms with Crippen LogP contribution in [0.3, 0.4) is 0 Å². The first-order valence-corrected chi connectivity index (χ1v) is 14.4. The van der Waals surface area contributed by atoms with Crippen LogP contribution >= 0.6 is 0 Å². The SMILES string of the molecule is CC(=O)N[C@@H](CO)C(=O)N[C@H](C(=O)N[C@H](C(=O)N[C@H](C(=O)N[C@@H](C)C(=O)N[C@H](C(N)=O)C(C)C)C(C)C)C(C)C)C(C)C. The van der Waals surface area contributed by atoms with Crippen molar-refractivity contribution in [3.8, 4) is 0 Å². The number of hydrogen-bond donors (Lipinski definition) is 8. The summed E-state index contributed by atoms with van der Waals surface area (Å²) in [4.78, 5) is 87.9. The minimum Gasteiger partial charge on any atom is -0.394 e. The van der Waals surface area contributed by atoms with Crippen molar-refractivity contribution in [2.75, 3.05) is 6.61 Å². The molecule has 0 heterocycles. The molecule has 0 aromatic carbocycles. The zero-order valence-electron chi connectivity index (χ0n) is 26.9. The first-order valence-electron chi connectivity index (χ1n) is 14.4. The molecule has 0 spiro atoms. The lowest BCUT2D eigenvalue weighted by Crippen LogP contribution is -2.62. The maximum atomic E-state index is 13.3. The molecule has 0 aliphatic heterocycles. The fourth-order valence-corrected chi connectivity index (χ4v) is 4.00. The Labute approximate surface area is 253 Å². The van der Waals surface area contributed by atoms with Crippen LogP contribution in [0.2, 0.25) is 0 Å². The number of amides is 7. The minimum atomic E-state index is -1.27. The van der Waals surface area contributed by atoms with Crippen LogP contribution in [-0.4, -0.2) is 89.3 Å². The van der Waals surface area contributed by atoms with Gasteiger partial charge in [0.2, 0.25) is 41.4 Å². The number of carbonyl (C=O) groups is 7. The summed E-state index contributed by atoms with van der Waals surface area (Å²) >= 11 is 0. The molecule has 0 aliphatic carbocycles. The van der Waals surface area contributed by atoms with Gasteiger partial charge < -0.3 is 42.7 Å². The number of hydrogen-bond acceptors (Lipinski definition) is 8. The molecule has 7 amide bonds. The van der Waals surface area contributed by atoms with Crippen molar-refractivity contribution in [2.24, 2.45) is 29.4 Å². The quantitative estimate of drug-likeness (QED) is 0.0914. The molecule has 15 heteroatoms. The van der Waals surface area contributed by atoms with Crippen molar-refractivity contribution in [3.63, 3.8) is 0 Å². The first kappa shape index (κ1) is 39.2. The Hall–Kier alpha value is -3.75. The second-order valence-corrected chi connectivity index (χ2v) is 12.0. The molecular weight excluding hydrogens is 562 g/mol. The third-order valence-corrected chi connectivity index (χ3v) is 6.64. The highest BCUT2D eigenvalue weighted by atomic mass is 16.3. The molecule has 0 aliphatic rings. The number of nitrogens with one attached hydrogen (secondary N) is 6. The summed E-state index contributed by atoms with van der Waals surface area (Å²) in [5.41, 5.74) is 5.35. The highest BCUT2D eigenvalue weighted by Gasteiger charge is 2.35. The van der Waals surface area contributed by atoms with Crippen LogP contribution in [0.4, 0.5) is 0 Å². The van der Waals surface area contributed by atoms with Gasteiger partial charge in [0.15, 0.2) is 0 Å². The molecule has 9 N–H and O–H groups in total. The van der Waals surface area contributed by atoms with Gasteiger partial charge in [-0.3, -0.25) is 33.6 Å². The Kier molecular flexibility index (Phi) is 16.5. The van der Waals surface area contributed by atoms with Crippen LogP contribution in [0.5, 0.6) is 0 Å². The molecule has 0 radical (unpaired) electrons. The molecular formula is C28H51N7O8. The predicted octanol–water partition coefficient (Wildman–Crippen LogP) is -1.96. The zero-order chi connectivity index (χ0) is 33.8. The summed E-state index contributed by atoms with van der Waals surface area (Å²) in [6.07, 6.45) is 0. The van der Waals surface area contributed by atoms with E-state index in [1.165, 1.54) is 13.8 Å². The van der Waals surface area contributed by atoms with Gasteiger partial charge in [0.1, 0.15) is 36.3 Å². The van der Waals surface area contributed by atoms with E-state index < -0.39 is 102 Å². The Morgan fingerprint density at radius 1 is 0.512 bits per heavy atom. The van der Waals surface area contributed by atoms with Crippen LogP contribution in [0, 0.1) is 23.7 Å². The van der Waals surface area contributed by atoms with Gasteiger partial charge in [0.05, 0.1) is 6.61 Å². The van der Waals surface area contributed by atoms with Gasteiger partial charge in [-0.15, -0.1) is 0 Å². The Balaban J connectivity index is 5.67. The molecule has 0 saturated carbocycles. The van der Waals surface area contributed by atoms with Crippen molar-refractivity contribution < 1.29 is 38.7 Å². The maximum absolute atomic E-state index is 13.3. The summed E-state index contributed by atoms with van der Waals surface area (Å²) in [5, 5.41) is 24.6. The smallest absolute Gasteiger partial charge is 0.245 e. The minimum absolute atomic E-state index is 0.271. The molecule has 0 fully saturated rings. The molecule has 15 nitrogen and oxygen atoms in total. The van der Waals surface area contributed by atoms with E-state index >= 15 is 0 Å². The number of nitrogens with two attached hydrogens (primary N) is 1. The standard InChI is InChI=1S/C28H51N7O8/c1-12(2)19(23(29)38)32-24(39)16(9)30-26(41)20(13(3)4)34-28(43)22(15(7)8)35-27(42)21(14(5)6)33-25(40)18(11-36)31-17(10)37/h12-16,18-22,36H,11H2,1-10H3,(H2,29,38)(H,30,41)(H,31,37)(H,32,39)(H,33,40)(H,34,43)(H,35,42)/t16-,18-,19-,20-,21-,22-/m0/s1. The fraction of sp³-hybridized carbons (Fsp3) is 0.750. The van der Waals surface area contributed by atoms with E-state index in [2.05, 4.69) is 31.9 Å². The number of aliphatic hydroxyl groups excluding tert-OH is 1. The fourth-order valence-electron chi connectivity index (χ4n) is 4.00. The van der Waals surface area contributed by atoms with Gasteiger partial charge in [0, 0.05) is 6.92 Å². The van der Waals surface area contributed by atoms with E-state index in [1.54, 1.807) is 55.4 Å². The number of rotatable bonds is 17. The van der Waals surface area contributed by atoms with Crippen molar-refractivity contribution in [3.05, 3.63) is 0 Å². The molecule has 0 rings (SSSR count). The normalized spacial score (nSPS) is 15.5. The zero-order valence-corrected chi connectivity index (χ0v) is 26.9. The molecule has 0 saturated heterocycles. The van der Waals surface area contributed by atoms with Crippen molar-refractivity contribution in [1.29, 1.82) is 0 Å². The lowest BCUT2D eigenvalue weighted by molar-refractivity contribution is -0.137. The van der Waals surface area contributed by atoms with Crippen molar-refractivity contribution in [2.45, 2.75) is 105 Å². The van der Waals surface area contributed by atoms with E-state index in [-0.39, 0.29) is 5.92 Å². The average Bonchev–Trinajstić information content (AvgIpc) is 2.88. The summed E-state index contributed by atoms with van der Waals surface area (Å²) in [7, 11) is 0. The highest BCUT2D eigenvalue weighted by molar-refractivity contribution is 5.97. The number of carbonyl (C=O) groups excluding carboxylic acids is 7. The van der Waals surface area contributed by atoms with Gasteiger partial charge >= 0.3 is 0 Å². The largest absolute Gasteiger partial charge is 0.394 e. The van der Waals surface area contributed by atoms with Crippen LogP contribution < -0.4 is 37.6 Å². The molecule has 246 valence electrons.